The lowest BCUT2D eigenvalue weighted by Gasteiger charge is -2.14. The van der Waals surface area contributed by atoms with Gasteiger partial charge < -0.3 is 20.1 Å². The summed E-state index contributed by atoms with van der Waals surface area (Å²) in [4.78, 5) is 36.5. The van der Waals surface area contributed by atoms with Crippen LogP contribution in [-0.4, -0.2) is 44.1 Å². The van der Waals surface area contributed by atoms with Crippen molar-refractivity contribution in [2.75, 3.05) is 25.6 Å². The summed E-state index contributed by atoms with van der Waals surface area (Å²) < 4.78 is 10.2. The van der Waals surface area contributed by atoms with E-state index >= 15 is 0 Å². The smallest absolute Gasteiger partial charge is 0.337 e. The van der Waals surface area contributed by atoms with Crippen molar-refractivity contribution in [2.24, 2.45) is 0 Å². The van der Waals surface area contributed by atoms with Crippen molar-refractivity contribution in [1.29, 1.82) is 0 Å². The van der Waals surface area contributed by atoms with Crippen LogP contribution >= 0.6 is 0 Å². The van der Waals surface area contributed by atoms with Crippen LogP contribution in [0, 0.1) is 0 Å². The average molecular weight is 382 g/mol. The normalized spacial score (nSPS) is 15.7. The number of methoxy groups -OCH3 is 1. The van der Waals surface area contributed by atoms with Gasteiger partial charge in [-0.1, -0.05) is 12.1 Å². The minimum absolute atomic E-state index is 0.0408. The van der Waals surface area contributed by atoms with Gasteiger partial charge in [-0.25, -0.2) is 4.79 Å². The molecule has 2 N–H and O–H groups in total. The molecule has 0 bridgehead atoms. The van der Waals surface area contributed by atoms with Crippen LogP contribution in [0.3, 0.4) is 0 Å². The van der Waals surface area contributed by atoms with E-state index in [1.807, 2.05) is 0 Å². The number of amides is 2. The molecule has 146 valence electrons. The summed E-state index contributed by atoms with van der Waals surface area (Å²) in [5.74, 6) is -1.12. The molecular weight excluding hydrogens is 360 g/mol. The van der Waals surface area contributed by atoms with Crippen molar-refractivity contribution in [3.63, 3.8) is 0 Å². The van der Waals surface area contributed by atoms with E-state index < -0.39 is 5.97 Å². The average Bonchev–Trinajstić information content (AvgIpc) is 3.25. The van der Waals surface area contributed by atoms with E-state index in [4.69, 9.17) is 4.74 Å². The summed E-state index contributed by atoms with van der Waals surface area (Å²) in [7, 11) is 1.30. The van der Waals surface area contributed by atoms with Gasteiger partial charge in [-0.05, 0) is 49.2 Å². The highest BCUT2D eigenvalue weighted by molar-refractivity contribution is 6.09. The summed E-state index contributed by atoms with van der Waals surface area (Å²) in [6, 6.07) is 12.9. The van der Waals surface area contributed by atoms with E-state index in [9.17, 15) is 14.4 Å². The molecule has 0 unspecified atom stereocenters. The fraction of sp³-hybridized carbons (Fsp3) is 0.286. The van der Waals surface area contributed by atoms with Gasteiger partial charge >= 0.3 is 5.97 Å². The zero-order chi connectivity index (χ0) is 19.9. The van der Waals surface area contributed by atoms with Gasteiger partial charge in [0, 0.05) is 18.7 Å². The minimum atomic E-state index is -0.472. The molecule has 3 rings (SSSR count). The summed E-state index contributed by atoms with van der Waals surface area (Å²) >= 11 is 0. The predicted octanol–water partition coefficient (Wildman–Crippen LogP) is 2.63. The first-order valence-electron chi connectivity index (χ1n) is 9.07. The zero-order valence-electron chi connectivity index (χ0n) is 15.6. The van der Waals surface area contributed by atoms with Crippen molar-refractivity contribution >= 4 is 23.5 Å². The number of hydrogen-bond acceptors (Lipinski definition) is 5. The molecule has 1 aliphatic heterocycles. The number of carbonyl (C=O) groups excluding carboxylic acids is 3. The lowest BCUT2D eigenvalue weighted by Crippen LogP contribution is -2.32. The van der Waals surface area contributed by atoms with Crippen LogP contribution < -0.4 is 10.6 Å². The highest BCUT2D eigenvalue weighted by Gasteiger charge is 2.19. The Bertz CT molecular complexity index is 857. The molecular formula is C21H22N2O5. The van der Waals surface area contributed by atoms with Crippen LogP contribution in [0.4, 0.5) is 5.69 Å². The number of hydrogen-bond donors (Lipinski definition) is 2. The van der Waals surface area contributed by atoms with E-state index in [1.54, 1.807) is 24.3 Å². The number of anilines is 1. The molecule has 1 aliphatic rings. The zero-order valence-corrected chi connectivity index (χ0v) is 15.6. The molecule has 1 heterocycles. The highest BCUT2D eigenvalue weighted by atomic mass is 16.5. The Hall–Kier alpha value is -3.19. The minimum Gasteiger partial charge on any atom is -0.465 e. The summed E-state index contributed by atoms with van der Waals surface area (Å²) in [6.07, 6.45) is 1.97. The van der Waals surface area contributed by atoms with Crippen LogP contribution in [0.1, 0.15) is 43.9 Å². The quantitative estimate of drug-likeness (QED) is 0.749. The first-order valence-corrected chi connectivity index (χ1v) is 9.07. The van der Waals surface area contributed by atoms with Crippen LogP contribution in [0.5, 0.6) is 0 Å². The second-order valence-corrected chi connectivity index (χ2v) is 6.41. The molecule has 0 aromatic heterocycles. The third kappa shape index (κ3) is 4.75. The number of carbonyl (C=O) groups is 3. The largest absolute Gasteiger partial charge is 0.465 e. The van der Waals surface area contributed by atoms with Crippen molar-refractivity contribution in [1.82, 2.24) is 5.32 Å². The molecule has 0 saturated carbocycles. The van der Waals surface area contributed by atoms with Crippen LogP contribution in [0.2, 0.25) is 0 Å². The molecule has 1 atom stereocenters. The third-order valence-corrected chi connectivity index (χ3v) is 4.50. The summed E-state index contributed by atoms with van der Waals surface area (Å²) in [6.45, 7) is 1.16. The summed E-state index contributed by atoms with van der Waals surface area (Å²) in [5, 5.41) is 5.61. The standard InChI is InChI=1S/C21H22N2O5/c1-27-21(26)15-10-8-14(9-11-15)19(24)23-18-7-3-2-6-17(18)20(25)22-13-16-5-4-12-28-16/h2-3,6-11,16H,4-5,12-13H2,1H3,(H,22,25)(H,23,24)/t16-/m0/s1. The second kappa shape index (κ2) is 9.14. The number of rotatable bonds is 6. The summed E-state index contributed by atoms with van der Waals surface area (Å²) in [5.41, 5.74) is 1.50. The molecule has 0 spiro atoms. The van der Waals surface area contributed by atoms with Crippen LogP contribution in [-0.2, 0) is 9.47 Å². The fourth-order valence-corrected chi connectivity index (χ4v) is 2.97. The van der Waals surface area contributed by atoms with E-state index in [0.29, 0.717) is 28.9 Å². The maximum absolute atomic E-state index is 12.5. The molecule has 0 radical (unpaired) electrons. The van der Waals surface area contributed by atoms with E-state index in [0.717, 1.165) is 19.4 Å². The Kier molecular flexibility index (Phi) is 6.39. The van der Waals surface area contributed by atoms with E-state index in [2.05, 4.69) is 15.4 Å². The van der Waals surface area contributed by atoms with E-state index in [-0.39, 0.29) is 17.9 Å². The molecule has 7 heteroatoms. The molecule has 2 aromatic rings. The van der Waals surface area contributed by atoms with Gasteiger partial charge in [-0.2, -0.15) is 0 Å². The molecule has 28 heavy (non-hydrogen) atoms. The number of nitrogens with one attached hydrogen (secondary N) is 2. The fourth-order valence-electron chi connectivity index (χ4n) is 2.97. The lowest BCUT2D eigenvalue weighted by molar-refractivity contribution is 0.0600. The number of benzene rings is 2. The lowest BCUT2D eigenvalue weighted by atomic mass is 10.1. The Morgan fingerprint density at radius 3 is 2.43 bits per heavy atom. The van der Waals surface area contributed by atoms with Gasteiger partial charge in [0.1, 0.15) is 0 Å². The Labute approximate surface area is 163 Å². The number of ether oxygens (including phenoxy) is 2. The molecule has 0 aliphatic carbocycles. The van der Waals surface area contributed by atoms with Crippen LogP contribution in [0.25, 0.3) is 0 Å². The van der Waals surface area contributed by atoms with Gasteiger partial charge in [0.25, 0.3) is 11.8 Å². The van der Waals surface area contributed by atoms with Gasteiger partial charge in [-0.15, -0.1) is 0 Å². The topological polar surface area (TPSA) is 93.7 Å². The van der Waals surface area contributed by atoms with Crippen molar-refractivity contribution in [2.45, 2.75) is 18.9 Å². The highest BCUT2D eigenvalue weighted by Crippen LogP contribution is 2.17. The van der Waals surface area contributed by atoms with Crippen molar-refractivity contribution in [3.05, 3.63) is 65.2 Å². The number of esters is 1. The Morgan fingerprint density at radius 1 is 1.04 bits per heavy atom. The van der Waals surface area contributed by atoms with E-state index in [1.165, 1.54) is 31.4 Å². The maximum atomic E-state index is 12.5. The predicted molar refractivity (Wildman–Crippen MR) is 103 cm³/mol. The first-order chi connectivity index (χ1) is 13.6. The monoisotopic (exact) mass is 382 g/mol. The van der Waals surface area contributed by atoms with Crippen molar-refractivity contribution < 1.29 is 23.9 Å². The first kappa shape index (κ1) is 19.6. The molecule has 2 aromatic carbocycles. The van der Waals surface area contributed by atoms with Gasteiger partial charge in [0.2, 0.25) is 0 Å². The van der Waals surface area contributed by atoms with Gasteiger partial charge in [0.15, 0.2) is 0 Å². The van der Waals surface area contributed by atoms with Crippen molar-refractivity contribution in [3.8, 4) is 0 Å². The molecule has 1 saturated heterocycles. The third-order valence-electron chi connectivity index (χ3n) is 4.50. The Balaban J connectivity index is 1.67. The number of para-hydroxylation sites is 1. The van der Waals surface area contributed by atoms with Crippen LogP contribution in [0.15, 0.2) is 48.5 Å². The molecule has 2 amide bonds. The maximum Gasteiger partial charge on any atom is 0.337 e. The molecule has 1 fully saturated rings. The van der Waals surface area contributed by atoms with Gasteiger partial charge in [0.05, 0.1) is 30.0 Å². The second-order valence-electron chi connectivity index (χ2n) is 6.41. The molecule has 7 nitrogen and oxygen atoms in total. The Morgan fingerprint density at radius 2 is 1.75 bits per heavy atom. The SMILES string of the molecule is COC(=O)c1ccc(C(=O)Nc2ccccc2C(=O)NC[C@@H]2CCCO2)cc1. The van der Waals surface area contributed by atoms with Gasteiger partial charge in [-0.3, -0.25) is 9.59 Å².